The van der Waals surface area contributed by atoms with Gasteiger partial charge >= 0.3 is 8.05 Å². The van der Waals surface area contributed by atoms with E-state index < -0.39 is 0 Å². The Hall–Kier alpha value is -2.07. The SMILES string of the molecule is [B]OC(=C(C#N)c1nsc(C)c1C)c1c(C)nn(C)c1C. The molecule has 0 aromatic carbocycles. The highest BCUT2D eigenvalue weighted by Crippen LogP contribution is 2.32. The van der Waals surface area contributed by atoms with E-state index >= 15 is 0 Å². The van der Waals surface area contributed by atoms with Crippen molar-refractivity contribution in [2.24, 2.45) is 7.05 Å². The minimum Gasteiger partial charge on any atom is -0.566 e. The third kappa shape index (κ3) is 2.47. The van der Waals surface area contributed by atoms with Gasteiger partial charge < -0.3 is 4.65 Å². The van der Waals surface area contributed by atoms with E-state index in [0.29, 0.717) is 17.0 Å². The summed E-state index contributed by atoms with van der Waals surface area (Å²) in [7, 11) is 7.29. The Kier molecular flexibility index (Phi) is 4.19. The number of nitrogens with zero attached hydrogens (tertiary/aromatic N) is 4. The number of hydrogen-bond acceptors (Lipinski definition) is 5. The number of hydrogen-bond donors (Lipinski definition) is 0. The molecule has 0 aliphatic rings. The molecular formula is C14H15BN4OS. The molecule has 0 spiro atoms. The van der Waals surface area contributed by atoms with Crippen molar-refractivity contribution < 1.29 is 4.65 Å². The zero-order valence-corrected chi connectivity index (χ0v) is 13.5. The Labute approximate surface area is 129 Å². The van der Waals surface area contributed by atoms with Gasteiger partial charge in [-0.2, -0.15) is 14.7 Å². The van der Waals surface area contributed by atoms with Gasteiger partial charge in [-0.3, -0.25) is 4.68 Å². The third-order valence-electron chi connectivity index (χ3n) is 3.59. The molecule has 5 nitrogen and oxygen atoms in total. The fraction of sp³-hybridized carbons (Fsp3) is 0.357. The molecule has 2 aromatic rings. The second-order valence-corrected chi connectivity index (χ2v) is 5.79. The van der Waals surface area contributed by atoms with Crippen LogP contribution in [0.25, 0.3) is 11.3 Å². The Bertz CT molecular complexity index is 767. The predicted octanol–water partition coefficient (Wildman–Crippen LogP) is 2.60. The highest BCUT2D eigenvalue weighted by molar-refractivity contribution is 7.06. The summed E-state index contributed by atoms with van der Waals surface area (Å²) < 4.78 is 11.1. The lowest BCUT2D eigenvalue weighted by Crippen LogP contribution is -1.99. The van der Waals surface area contributed by atoms with Crippen molar-refractivity contribution in [2.45, 2.75) is 27.7 Å². The van der Waals surface area contributed by atoms with E-state index in [1.807, 2.05) is 34.7 Å². The fourth-order valence-corrected chi connectivity index (χ4v) is 2.90. The van der Waals surface area contributed by atoms with Crippen LogP contribution in [0.1, 0.15) is 33.1 Å². The van der Waals surface area contributed by atoms with E-state index in [-0.39, 0.29) is 0 Å². The summed E-state index contributed by atoms with van der Waals surface area (Å²) in [6.07, 6.45) is 0. The van der Waals surface area contributed by atoms with Crippen molar-refractivity contribution in [2.75, 3.05) is 0 Å². The Balaban J connectivity index is 2.77. The minimum atomic E-state index is 0.314. The Morgan fingerprint density at radius 2 is 2.00 bits per heavy atom. The molecule has 0 amide bonds. The summed E-state index contributed by atoms with van der Waals surface area (Å²) in [5, 5.41) is 13.9. The van der Waals surface area contributed by atoms with Crippen LogP contribution < -0.4 is 0 Å². The maximum absolute atomic E-state index is 9.56. The molecule has 0 unspecified atom stereocenters. The molecular weight excluding hydrogens is 283 g/mol. The van der Waals surface area contributed by atoms with Crippen LogP contribution in [0.5, 0.6) is 0 Å². The summed E-state index contributed by atoms with van der Waals surface area (Å²) in [5.41, 5.74) is 4.28. The van der Waals surface area contributed by atoms with Gasteiger partial charge in [-0.05, 0) is 44.8 Å². The van der Waals surface area contributed by atoms with Gasteiger partial charge in [0.1, 0.15) is 23.1 Å². The van der Waals surface area contributed by atoms with E-state index in [0.717, 1.165) is 27.4 Å². The van der Waals surface area contributed by atoms with Crippen LogP contribution in [0.2, 0.25) is 0 Å². The molecule has 21 heavy (non-hydrogen) atoms. The van der Waals surface area contributed by atoms with E-state index in [1.54, 1.807) is 4.68 Å². The first-order valence-electron chi connectivity index (χ1n) is 6.37. The molecule has 0 saturated heterocycles. The van der Waals surface area contributed by atoms with E-state index in [9.17, 15) is 5.26 Å². The van der Waals surface area contributed by atoms with Crippen LogP contribution in [0.4, 0.5) is 0 Å². The first-order valence-corrected chi connectivity index (χ1v) is 7.14. The van der Waals surface area contributed by atoms with Gasteiger partial charge in [0.2, 0.25) is 0 Å². The van der Waals surface area contributed by atoms with Crippen LogP contribution >= 0.6 is 11.5 Å². The predicted molar refractivity (Wildman–Crippen MR) is 83.5 cm³/mol. The maximum atomic E-state index is 9.56. The molecule has 0 aliphatic carbocycles. The summed E-state index contributed by atoms with van der Waals surface area (Å²) >= 11 is 1.36. The lowest BCUT2D eigenvalue weighted by Gasteiger charge is -2.10. The fourth-order valence-electron chi connectivity index (χ4n) is 2.21. The van der Waals surface area contributed by atoms with Crippen molar-refractivity contribution in [1.82, 2.24) is 14.2 Å². The largest absolute Gasteiger partial charge is 0.566 e. The average Bonchev–Trinajstić information content (AvgIpc) is 2.90. The Morgan fingerprint density at radius 3 is 2.38 bits per heavy atom. The van der Waals surface area contributed by atoms with Crippen molar-refractivity contribution in [1.29, 1.82) is 5.26 Å². The molecule has 106 valence electrons. The second kappa shape index (κ2) is 5.74. The molecule has 2 aromatic heterocycles. The monoisotopic (exact) mass is 298 g/mol. The number of rotatable bonds is 3. The van der Waals surface area contributed by atoms with E-state index in [1.165, 1.54) is 11.5 Å². The van der Waals surface area contributed by atoms with Crippen LogP contribution in [-0.2, 0) is 11.7 Å². The number of allylic oxidation sites excluding steroid dienone is 1. The van der Waals surface area contributed by atoms with Crippen molar-refractivity contribution in [3.05, 3.63) is 33.1 Å². The normalized spacial score (nSPS) is 12.0. The maximum Gasteiger partial charge on any atom is 0.374 e. The quantitative estimate of drug-likeness (QED) is 0.496. The van der Waals surface area contributed by atoms with Crippen molar-refractivity contribution in [3.8, 4) is 6.07 Å². The molecule has 2 heterocycles. The molecule has 0 N–H and O–H groups in total. The summed E-state index contributed by atoms with van der Waals surface area (Å²) in [6.45, 7) is 7.66. The van der Waals surface area contributed by atoms with Crippen molar-refractivity contribution in [3.63, 3.8) is 0 Å². The smallest absolute Gasteiger partial charge is 0.374 e. The zero-order valence-electron chi connectivity index (χ0n) is 12.7. The topological polar surface area (TPSA) is 63.7 Å². The van der Waals surface area contributed by atoms with Crippen LogP contribution in [0.15, 0.2) is 0 Å². The molecule has 7 heteroatoms. The number of aromatic nitrogens is 3. The molecule has 2 rings (SSSR count). The third-order valence-corrected chi connectivity index (χ3v) is 4.44. The van der Waals surface area contributed by atoms with Crippen LogP contribution in [0.3, 0.4) is 0 Å². The van der Waals surface area contributed by atoms with Gasteiger partial charge in [-0.25, -0.2) is 0 Å². The summed E-state index contributed by atoms with van der Waals surface area (Å²) in [5.74, 6) is 0.314. The van der Waals surface area contributed by atoms with Crippen LogP contribution in [-0.4, -0.2) is 22.2 Å². The number of aryl methyl sites for hydroxylation is 3. The molecule has 0 saturated carbocycles. The van der Waals surface area contributed by atoms with Gasteiger partial charge in [0, 0.05) is 17.6 Å². The lowest BCUT2D eigenvalue weighted by atomic mass is 10.0. The standard InChI is InChI=1S/C14H15BN4OS/c1-7-10(4)21-18-13(7)11(6-16)14(20-15)12-8(2)17-19(5)9(12)3/h1-5H3. The highest BCUT2D eigenvalue weighted by Gasteiger charge is 2.22. The van der Waals surface area contributed by atoms with Gasteiger partial charge in [0.25, 0.3) is 0 Å². The lowest BCUT2D eigenvalue weighted by molar-refractivity contribution is 0.573. The molecule has 0 fully saturated rings. The van der Waals surface area contributed by atoms with Gasteiger partial charge in [-0.15, -0.1) is 0 Å². The molecule has 0 bridgehead atoms. The van der Waals surface area contributed by atoms with E-state index in [4.69, 9.17) is 12.7 Å². The molecule has 2 radical (unpaired) electrons. The van der Waals surface area contributed by atoms with Crippen molar-refractivity contribution >= 4 is 30.9 Å². The first-order chi connectivity index (χ1) is 9.92. The zero-order chi connectivity index (χ0) is 15.7. The first kappa shape index (κ1) is 15.3. The van der Waals surface area contributed by atoms with Crippen LogP contribution in [0, 0.1) is 39.0 Å². The molecule has 0 aliphatic heterocycles. The summed E-state index contributed by atoms with van der Waals surface area (Å²) in [6, 6.07) is 2.17. The summed E-state index contributed by atoms with van der Waals surface area (Å²) in [4.78, 5) is 1.06. The average molecular weight is 298 g/mol. The number of nitriles is 1. The van der Waals surface area contributed by atoms with Gasteiger partial charge in [0.15, 0.2) is 0 Å². The van der Waals surface area contributed by atoms with E-state index in [2.05, 4.69) is 15.5 Å². The highest BCUT2D eigenvalue weighted by atomic mass is 32.1. The van der Waals surface area contributed by atoms with Gasteiger partial charge in [-0.1, -0.05) is 0 Å². The Morgan fingerprint density at radius 1 is 1.33 bits per heavy atom. The second-order valence-electron chi connectivity index (χ2n) is 4.82. The molecule has 0 atom stereocenters. The minimum absolute atomic E-state index is 0.314. The van der Waals surface area contributed by atoms with Gasteiger partial charge in [0.05, 0.1) is 11.3 Å².